The lowest BCUT2D eigenvalue weighted by atomic mass is 9.74. The lowest BCUT2D eigenvalue weighted by Crippen LogP contribution is -2.39. The molecular weight excluding hydrogens is 312 g/mol. The van der Waals surface area contributed by atoms with Crippen molar-refractivity contribution in [1.29, 1.82) is 0 Å². The normalized spacial score (nSPS) is 14.5. The molecule has 3 nitrogen and oxygen atoms in total. The first-order valence-corrected chi connectivity index (χ1v) is 8.16. The maximum absolute atomic E-state index is 12.0. The zero-order chi connectivity index (χ0) is 17.9. The molecule has 0 aliphatic carbocycles. The van der Waals surface area contributed by atoms with Gasteiger partial charge in [0, 0.05) is 0 Å². The molecule has 0 fully saturated rings. The minimum atomic E-state index is -1.43. The molecule has 126 valence electrons. The minimum absolute atomic E-state index is 0.566. The number of aliphatic carboxylic acids is 1. The third-order valence-electron chi connectivity index (χ3n) is 4.70. The molecule has 2 atom stereocenters. The van der Waals surface area contributed by atoms with E-state index in [1.54, 1.807) is 43.3 Å². The van der Waals surface area contributed by atoms with Gasteiger partial charge in [0.1, 0.15) is 5.41 Å². The van der Waals surface area contributed by atoms with Crippen LogP contribution < -0.4 is 0 Å². The average molecular weight is 332 g/mol. The van der Waals surface area contributed by atoms with Crippen molar-refractivity contribution in [2.24, 2.45) is 0 Å². The summed E-state index contributed by atoms with van der Waals surface area (Å²) in [5.41, 5.74) is 1.79. The lowest BCUT2D eigenvalue weighted by Gasteiger charge is -2.31. The van der Waals surface area contributed by atoms with E-state index in [1.165, 1.54) is 0 Å². The Bertz CT molecular complexity index is 841. The van der Waals surface area contributed by atoms with E-state index in [4.69, 9.17) is 0 Å². The van der Waals surface area contributed by atoms with Gasteiger partial charge in [0.15, 0.2) is 0 Å². The zero-order valence-electron chi connectivity index (χ0n) is 14.0. The number of carboxylic acid groups (broad SMARTS) is 1. The van der Waals surface area contributed by atoms with Crippen LogP contribution in [0.2, 0.25) is 0 Å². The first-order valence-electron chi connectivity index (χ1n) is 8.16. The number of carboxylic acids is 1. The summed E-state index contributed by atoms with van der Waals surface area (Å²) in [7, 11) is 0. The predicted molar refractivity (Wildman–Crippen MR) is 98.3 cm³/mol. The van der Waals surface area contributed by atoms with Gasteiger partial charge in [0.25, 0.3) is 0 Å². The van der Waals surface area contributed by atoms with Crippen LogP contribution in [0.5, 0.6) is 0 Å². The van der Waals surface area contributed by atoms with Crippen molar-refractivity contribution in [2.45, 2.75) is 18.4 Å². The molecule has 0 amide bonds. The first kappa shape index (κ1) is 16.9. The van der Waals surface area contributed by atoms with Crippen molar-refractivity contribution < 1.29 is 15.0 Å². The Morgan fingerprint density at radius 1 is 0.800 bits per heavy atom. The van der Waals surface area contributed by atoms with Crippen LogP contribution in [0.4, 0.5) is 0 Å². The molecule has 0 spiro atoms. The second-order valence-corrected chi connectivity index (χ2v) is 6.26. The van der Waals surface area contributed by atoms with Gasteiger partial charge < -0.3 is 10.2 Å². The smallest absolute Gasteiger partial charge is 0.316 e. The van der Waals surface area contributed by atoms with E-state index in [9.17, 15) is 15.0 Å². The van der Waals surface area contributed by atoms with Gasteiger partial charge in [-0.1, -0.05) is 84.9 Å². The number of hydrogen-bond donors (Lipinski definition) is 2. The topological polar surface area (TPSA) is 57.5 Å². The monoisotopic (exact) mass is 332 g/mol. The third kappa shape index (κ3) is 3.19. The Labute approximate surface area is 147 Å². The van der Waals surface area contributed by atoms with E-state index >= 15 is 0 Å². The number of aliphatic hydroxyl groups is 1. The van der Waals surface area contributed by atoms with Crippen LogP contribution in [-0.2, 0) is 10.2 Å². The molecule has 0 unspecified atom stereocenters. The first-order chi connectivity index (χ1) is 12.0. The summed E-state index contributed by atoms with van der Waals surface area (Å²) in [6.07, 6.45) is -1.14. The summed E-state index contributed by atoms with van der Waals surface area (Å²) < 4.78 is 0. The molecule has 3 rings (SSSR count). The van der Waals surface area contributed by atoms with Gasteiger partial charge in [0.2, 0.25) is 0 Å². The average Bonchev–Trinajstić information content (AvgIpc) is 2.68. The van der Waals surface area contributed by atoms with E-state index < -0.39 is 17.5 Å². The summed E-state index contributed by atoms with van der Waals surface area (Å²) in [6.45, 7) is 1.56. The molecule has 3 heteroatoms. The van der Waals surface area contributed by atoms with E-state index in [2.05, 4.69) is 0 Å². The second kappa shape index (κ2) is 6.91. The zero-order valence-corrected chi connectivity index (χ0v) is 14.0. The maximum Gasteiger partial charge on any atom is 0.316 e. The van der Waals surface area contributed by atoms with Gasteiger partial charge in [-0.25, -0.2) is 0 Å². The molecule has 0 heterocycles. The summed E-state index contributed by atoms with van der Waals surface area (Å²) >= 11 is 0. The maximum atomic E-state index is 12.0. The fourth-order valence-electron chi connectivity index (χ4n) is 3.01. The molecule has 3 aromatic carbocycles. The van der Waals surface area contributed by atoms with Crippen molar-refractivity contribution in [3.63, 3.8) is 0 Å². The fourth-order valence-corrected chi connectivity index (χ4v) is 3.01. The molecule has 25 heavy (non-hydrogen) atoms. The molecule has 0 saturated carbocycles. The van der Waals surface area contributed by atoms with Crippen LogP contribution in [-0.4, -0.2) is 16.2 Å². The highest BCUT2D eigenvalue weighted by molar-refractivity contribution is 5.82. The highest BCUT2D eigenvalue weighted by atomic mass is 16.4. The Morgan fingerprint density at radius 2 is 1.28 bits per heavy atom. The molecule has 0 aliphatic rings. The van der Waals surface area contributed by atoms with Gasteiger partial charge in [0.05, 0.1) is 6.10 Å². The summed E-state index contributed by atoms with van der Waals surface area (Å²) in [5, 5.41) is 20.6. The van der Waals surface area contributed by atoms with Crippen LogP contribution in [0.15, 0.2) is 84.9 Å². The summed E-state index contributed by atoms with van der Waals surface area (Å²) in [4.78, 5) is 12.0. The number of hydrogen-bond acceptors (Lipinski definition) is 2. The largest absolute Gasteiger partial charge is 0.481 e. The second-order valence-electron chi connectivity index (χ2n) is 6.26. The Morgan fingerprint density at radius 3 is 1.80 bits per heavy atom. The Kier molecular flexibility index (Phi) is 4.68. The highest BCUT2D eigenvalue weighted by Crippen LogP contribution is 2.38. The SMILES string of the molecule is C[C@@](C(=O)O)(c1ccc(-c2ccccc2)cc1)[C@@H](O)c1ccccc1. The number of benzene rings is 3. The number of aliphatic hydroxyl groups excluding tert-OH is 1. The van der Waals surface area contributed by atoms with E-state index in [-0.39, 0.29) is 0 Å². The predicted octanol–water partition coefficient (Wildman–Crippen LogP) is 4.43. The van der Waals surface area contributed by atoms with E-state index in [1.807, 2.05) is 48.5 Å². The number of carbonyl (C=O) groups is 1. The van der Waals surface area contributed by atoms with E-state index in [0.29, 0.717) is 11.1 Å². The van der Waals surface area contributed by atoms with Gasteiger partial charge in [-0.15, -0.1) is 0 Å². The van der Waals surface area contributed by atoms with Crippen LogP contribution in [0, 0.1) is 0 Å². The van der Waals surface area contributed by atoms with Crippen molar-refractivity contribution in [2.75, 3.05) is 0 Å². The van der Waals surface area contributed by atoms with Crippen molar-refractivity contribution in [3.05, 3.63) is 96.1 Å². The van der Waals surface area contributed by atoms with Crippen LogP contribution in [0.25, 0.3) is 11.1 Å². The molecule has 3 aromatic rings. The summed E-state index contributed by atoms with van der Waals surface area (Å²) in [6, 6.07) is 26.1. The Hall–Kier alpha value is -2.91. The van der Waals surface area contributed by atoms with Gasteiger partial charge in [-0.05, 0) is 29.2 Å². The third-order valence-corrected chi connectivity index (χ3v) is 4.70. The quantitative estimate of drug-likeness (QED) is 0.727. The lowest BCUT2D eigenvalue weighted by molar-refractivity contribution is -0.148. The van der Waals surface area contributed by atoms with Crippen molar-refractivity contribution >= 4 is 5.97 Å². The summed E-state index contributed by atoms with van der Waals surface area (Å²) in [5.74, 6) is -1.06. The molecule has 0 aromatic heterocycles. The molecule has 0 aliphatic heterocycles. The minimum Gasteiger partial charge on any atom is -0.481 e. The van der Waals surface area contributed by atoms with Gasteiger partial charge >= 0.3 is 5.97 Å². The van der Waals surface area contributed by atoms with Crippen LogP contribution >= 0.6 is 0 Å². The standard InChI is InChI=1S/C22H20O3/c1-22(21(24)25,20(23)18-10-6-3-7-11-18)19-14-12-17(13-15-19)16-8-4-2-5-9-16/h2-15,20,23H,1H3,(H,24,25)/t20-,22+/m0/s1. The molecule has 0 bridgehead atoms. The Balaban J connectivity index is 2.00. The van der Waals surface area contributed by atoms with Gasteiger partial charge in [-0.3, -0.25) is 4.79 Å². The van der Waals surface area contributed by atoms with Crippen molar-refractivity contribution in [3.8, 4) is 11.1 Å². The van der Waals surface area contributed by atoms with Crippen LogP contribution in [0.3, 0.4) is 0 Å². The fraction of sp³-hybridized carbons (Fsp3) is 0.136. The highest BCUT2D eigenvalue weighted by Gasteiger charge is 2.43. The van der Waals surface area contributed by atoms with E-state index in [0.717, 1.165) is 11.1 Å². The molecule has 0 saturated heterocycles. The van der Waals surface area contributed by atoms with Crippen molar-refractivity contribution in [1.82, 2.24) is 0 Å². The molecule has 2 N–H and O–H groups in total. The van der Waals surface area contributed by atoms with Gasteiger partial charge in [-0.2, -0.15) is 0 Å². The molecular formula is C22H20O3. The van der Waals surface area contributed by atoms with Crippen LogP contribution in [0.1, 0.15) is 24.2 Å². The molecule has 0 radical (unpaired) electrons. The number of rotatable bonds is 5.